The summed E-state index contributed by atoms with van der Waals surface area (Å²) in [6.07, 6.45) is -0.505. The van der Waals surface area contributed by atoms with E-state index in [0.717, 1.165) is 12.1 Å². The molecule has 0 saturated carbocycles. The fourth-order valence-electron chi connectivity index (χ4n) is 2.78. The Balaban J connectivity index is 1.59. The van der Waals surface area contributed by atoms with Crippen LogP contribution in [-0.2, 0) is 6.54 Å². The highest BCUT2D eigenvalue weighted by Gasteiger charge is 2.15. The van der Waals surface area contributed by atoms with Gasteiger partial charge in [-0.15, -0.1) is 0 Å². The molecule has 3 aromatic rings. The summed E-state index contributed by atoms with van der Waals surface area (Å²) in [5.41, 5.74) is 4.60. The molecule has 0 heterocycles. The van der Waals surface area contributed by atoms with Crippen LogP contribution in [0.2, 0.25) is 0 Å². The lowest BCUT2D eigenvalue weighted by Crippen LogP contribution is -2.31. The number of hydrogen-bond donors (Lipinski definition) is 2. The molecule has 0 aliphatic carbocycles. The second-order valence-corrected chi connectivity index (χ2v) is 6.09. The van der Waals surface area contributed by atoms with E-state index in [2.05, 4.69) is 53.8 Å². The van der Waals surface area contributed by atoms with Crippen LogP contribution in [0.3, 0.4) is 0 Å². The Kier molecular flexibility index (Phi) is 5.42. The Labute approximate surface area is 143 Å². The van der Waals surface area contributed by atoms with Crippen LogP contribution in [0.25, 0.3) is 11.1 Å². The Morgan fingerprint density at radius 1 is 0.750 bits per heavy atom. The van der Waals surface area contributed by atoms with Crippen molar-refractivity contribution in [3.8, 4) is 11.1 Å². The Morgan fingerprint density at radius 3 is 1.92 bits per heavy atom. The molecule has 2 atom stereocenters. The molecular formula is C22H23NO. The fraction of sp³-hybridized carbons (Fsp3) is 0.182. The third-order valence-electron chi connectivity index (χ3n) is 4.30. The quantitative estimate of drug-likeness (QED) is 0.698. The molecule has 0 unspecified atom stereocenters. The highest BCUT2D eigenvalue weighted by atomic mass is 16.3. The molecule has 0 saturated heterocycles. The third kappa shape index (κ3) is 4.10. The van der Waals surface area contributed by atoms with Gasteiger partial charge in [0.25, 0.3) is 0 Å². The standard InChI is InChI=1S/C22H23NO/c1-17(22(24)21-10-6-3-7-11-21)23-16-18-12-14-20(15-13-18)19-8-4-2-5-9-19/h2-15,17,22-24H,16H2,1H3/t17-,22+/m1/s1. The molecule has 2 N–H and O–H groups in total. The van der Waals surface area contributed by atoms with Gasteiger partial charge >= 0.3 is 0 Å². The van der Waals surface area contributed by atoms with E-state index in [1.54, 1.807) is 0 Å². The lowest BCUT2D eigenvalue weighted by atomic mass is 10.0. The SMILES string of the molecule is C[C@@H](NCc1ccc(-c2ccccc2)cc1)[C@H](O)c1ccccc1. The van der Waals surface area contributed by atoms with Crippen molar-refractivity contribution in [2.24, 2.45) is 0 Å². The van der Waals surface area contributed by atoms with Gasteiger partial charge < -0.3 is 10.4 Å². The van der Waals surface area contributed by atoms with Gasteiger partial charge in [0.15, 0.2) is 0 Å². The van der Waals surface area contributed by atoms with E-state index >= 15 is 0 Å². The summed E-state index contributed by atoms with van der Waals surface area (Å²) in [4.78, 5) is 0. The van der Waals surface area contributed by atoms with Gasteiger partial charge in [0.2, 0.25) is 0 Å². The predicted molar refractivity (Wildman–Crippen MR) is 99.6 cm³/mol. The molecule has 0 aliphatic rings. The minimum absolute atomic E-state index is 0.0128. The van der Waals surface area contributed by atoms with E-state index in [0.29, 0.717) is 0 Å². The summed E-state index contributed by atoms with van der Waals surface area (Å²) in [6, 6.07) is 28.7. The van der Waals surface area contributed by atoms with Crippen LogP contribution in [0.1, 0.15) is 24.2 Å². The summed E-state index contributed by atoms with van der Waals surface area (Å²) >= 11 is 0. The highest BCUT2D eigenvalue weighted by Crippen LogP contribution is 2.20. The lowest BCUT2D eigenvalue weighted by molar-refractivity contribution is 0.135. The van der Waals surface area contributed by atoms with E-state index in [4.69, 9.17) is 0 Å². The van der Waals surface area contributed by atoms with Gasteiger partial charge in [-0.25, -0.2) is 0 Å². The lowest BCUT2D eigenvalue weighted by Gasteiger charge is -2.20. The molecule has 0 radical (unpaired) electrons. The number of benzene rings is 3. The summed E-state index contributed by atoms with van der Waals surface area (Å²) in [7, 11) is 0. The number of nitrogens with one attached hydrogen (secondary N) is 1. The van der Waals surface area contributed by atoms with Gasteiger partial charge in [0.1, 0.15) is 0 Å². The summed E-state index contributed by atoms with van der Waals surface area (Å²) in [5.74, 6) is 0. The summed E-state index contributed by atoms with van der Waals surface area (Å²) < 4.78 is 0. The van der Waals surface area contributed by atoms with Gasteiger partial charge in [-0.2, -0.15) is 0 Å². The largest absolute Gasteiger partial charge is 0.387 e. The van der Waals surface area contributed by atoms with Crippen LogP contribution in [0, 0.1) is 0 Å². The van der Waals surface area contributed by atoms with E-state index in [1.165, 1.54) is 16.7 Å². The minimum atomic E-state index is -0.505. The number of hydrogen-bond acceptors (Lipinski definition) is 2. The maximum absolute atomic E-state index is 10.4. The number of aliphatic hydroxyl groups excluding tert-OH is 1. The van der Waals surface area contributed by atoms with E-state index < -0.39 is 6.10 Å². The van der Waals surface area contributed by atoms with Gasteiger partial charge in [0, 0.05) is 12.6 Å². The van der Waals surface area contributed by atoms with Crippen molar-refractivity contribution in [1.29, 1.82) is 0 Å². The van der Waals surface area contributed by atoms with Crippen LogP contribution < -0.4 is 5.32 Å². The first-order valence-corrected chi connectivity index (χ1v) is 8.35. The van der Waals surface area contributed by atoms with E-state index in [1.807, 2.05) is 43.3 Å². The average molecular weight is 317 g/mol. The molecule has 0 spiro atoms. The van der Waals surface area contributed by atoms with Gasteiger partial charge in [-0.3, -0.25) is 0 Å². The first-order valence-electron chi connectivity index (χ1n) is 8.35. The molecule has 0 fully saturated rings. The van der Waals surface area contributed by atoms with Crippen LogP contribution in [0.15, 0.2) is 84.9 Å². The zero-order valence-corrected chi connectivity index (χ0v) is 13.9. The van der Waals surface area contributed by atoms with Gasteiger partial charge in [-0.1, -0.05) is 84.9 Å². The van der Waals surface area contributed by atoms with Crippen LogP contribution >= 0.6 is 0 Å². The minimum Gasteiger partial charge on any atom is -0.387 e. The van der Waals surface area contributed by atoms with E-state index in [-0.39, 0.29) is 6.04 Å². The maximum atomic E-state index is 10.4. The summed E-state index contributed by atoms with van der Waals surface area (Å²) in [6.45, 7) is 2.75. The maximum Gasteiger partial charge on any atom is 0.0940 e. The van der Waals surface area contributed by atoms with Crippen LogP contribution in [0.5, 0.6) is 0 Å². The zero-order chi connectivity index (χ0) is 16.8. The average Bonchev–Trinajstić information content (AvgIpc) is 2.67. The number of rotatable bonds is 6. The normalized spacial score (nSPS) is 13.4. The third-order valence-corrected chi connectivity index (χ3v) is 4.30. The Morgan fingerprint density at radius 2 is 1.29 bits per heavy atom. The fourth-order valence-corrected chi connectivity index (χ4v) is 2.78. The van der Waals surface area contributed by atoms with Crippen molar-refractivity contribution in [3.05, 3.63) is 96.1 Å². The monoisotopic (exact) mass is 317 g/mol. The smallest absolute Gasteiger partial charge is 0.0940 e. The molecule has 0 aromatic heterocycles. The van der Waals surface area contributed by atoms with Crippen molar-refractivity contribution in [2.45, 2.75) is 25.6 Å². The van der Waals surface area contributed by atoms with Crippen molar-refractivity contribution in [3.63, 3.8) is 0 Å². The molecule has 0 aliphatic heterocycles. The molecule has 2 heteroatoms. The van der Waals surface area contributed by atoms with Crippen molar-refractivity contribution in [2.75, 3.05) is 0 Å². The zero-order valence-electron chi connectivity index (χ0n) is 13.9. The molecular weight excluding hydrogens is 294 g/mol. The molecule has 0 bridgehead atoms. The van der Waals surface area contributed by atoms with Gasteiger partial charge in [0.05, 0.1) is 6.10 Å². The first kappa shape index (κ1) is 16.4. The molecule has 3 aromatic carbocycles. The number of aliphatic hydroxyl groups is 1. The molecule has 3 rings (SSSR count). The first-order chi connectivity index (χ1) is 11.7. The Hall–Kier alpha value is -2.42. The topological polar surface area (TPSA) is 32.3 Å². The van der Waals surface area contributed by atoms with Crippen molar-refractivity contribution >= 4 is 0 Å². The predicted octanol–water partition coefficient (Wildman–Crippen LogP) is 4.57. The van der Waals surface area contributed by atoms with Crippen LogP contribution in [-0.4, -0.2) is 11.1 Å². The highest BCUT2D eigenvalue weighted by molar-refractivity contribution is 5.63. The second-order valence-electron chi connectivity index (χ2n) is 6.09. The second kappa shape index (κ2) is 7.91. The van der Waals surface area contributed by atoms with Crippen molar-refractivity contribution < 1.29 is 5.11 Å². The molecule has 2 nitrogen and oxygen atoms in total. The summed E-state index contributed by atoms with van der Waals surface area (Å²) in [5, 5.41) is 13.8. The molecule has 0 amide bonds. The van der Waals surface area contributed by atoms with Crippen LogP contribution in [0.4, 0.5) is 0 Å². The van der Waals surface area contributed by atoms with Gasteiger partial charge in [-0.05, 0) is 29.2 Å². The van der Waals surface area contributed by atoms with E-state index in [9.17, 15) is 5.11 Å². The Bertz CT molecular complexity index is 738. The van der Waals surface area contributed by atoms with Crippen molar-refractivity contribution in [1.82, 2.24) is 5.32 Å². The molecule has 122 valence electrons. The molecule has 24 heavy (non-hydrogen) atoms.